The molecule has 32 heavy (non-hydrogen) atoms. The van der Waals surface area contributed by atoms with Gasteiger partial charge in [-0.3, -0.25) is 0 Å². The van der Waals surface area contributed by atoms with Crippen molar-refractivity contribution in [2.24, 2.45) is 5.92 Å². The van der Waals surface area contributed by atoms with E-state index in [2.05, 4.69) is 31.3 Å². The van der Waals surface area contributed by atoms with E-state index in [9.17, 15) is 0 Å². The molecule has 1 aromatic carbocycles. The van der Waals surface area contributed by atoms with Crippen molar-refractivity contribution in [2.45, 2.75) is 96.0 Å². The normalized spacial score (nSPS) is 28.6. The number of hydrogen-bond acceptors (Lipinski definition) is 2. The molecule has 2 heterocycles. The van der Waals surface area contributed by atoms with Gasteiger partial charge in [0.15, 0.2) is 11.6 Å². The average Bonchev–Trinajstić information content (AvgIpc) is 2.83. The van der Waals surface area contributed by atoms with Gasteiger partial charge in [-0.1, -0.05) is 50.5 Å². The minimum absolute atomic E-state index is 0.0302. The Kier molecular flexibility index (Phi) is 8.04. The first-order valence-corrected chi connectivity index (χ1v) is 12.8. The first-order valence-electron chi connectivity index (χ1n) is 12.8. The number of ether oxygens (including phenoxy) is 1. The molecule has 1 saturated carbocycles. The smallest absolute Gasteiger partial charge is 0.162 e. The van der Waals surface area contributed by atoms with Crippen molar-refractivity contribution in [3.8, 4) is 0 Å². The van der Waals surface area contributed by atoms with Crippen LogP contribution in [0.2, 0.25) is 0 Å². The highest BCUT2D eigenvalue weighted by Crippen LogP contribution is 2.41. The number of dihydropyridines is 1. The Morgan fingerprint density at radius 1 is 0.844 bits per heavy atom. The zero-order valence-electron chi connectivity index (χ0n) is 19.8. The van der Waals surface area contributed by atoms with E-state index in [1.54, 1.807) is 0 Å². The Balaban J connectivity index is 1.37. The van der Waals surface area contributed by atoms with Gasteiger partial charge in [0.25, 0.3) is 0 Å². The lowest BCUT2D eigenvalue weighted by Crippen LogP contribution is -2.28. The summed E-state index contributed by atoms with van der Waals surface area (Å²) in [6.07, 6.45) is 15.0. The highest BCUT2D eigenvalue weighted by molar-refractivity contribution is 5.32. The molecule has 2 nitrogen and oxygen atoms in total. The zero-order valence-corrected chi connectivity index (χ0v) is 19.8. The maximum atomic E-state index is 15.1. The molecule has 0 aromatic heterocycles. The average molecular weight is 444 g/mol. The highest BCUT2D eigenvalue weighted by Gasteiger charge is 2.30. The summed E-state index contributed by atoms with van der Waals surface area (Å²) in [5.74, 6) is -0.673. The van der Waals surface area contributed by atoms with E-state index in [1.807, 2.05) is 12.1 Å². The van der Waals surface area contributed by atoms with Gasteiger partial charge < -0.3 is 10.1 Å². The lowest BCUT2D eigenvalue weighted by atomic mass is 9.76. The SMILES string of the molecule is CCCC1=CC=C(C2CCC(c3ccc(C4CCC(CCC)OC4)c(F)c3F)CC2)NC1. The van der Waals surface area contributed by atoms with Gasteiger partial charge in [0.05, 0.1) is 12.7 Å². The molecular weight excluding hydrogens is 404 g/mol. The summed E-state index contributed by atoms with van der Waals surface area (Å²) in [6, 6.07) is 3.69. The van der Waals surface area contributed by atoms with Crippen LogP contribution in [0.3, 0.4) is 0 Å². The quantitative estimate of drug-likeness (QED) is 0.471. The van der Waals surface area contributed by atoms with Crippen molar-refractivity contribution in [3.63, 3.8) is 0 Å². The van der Waals surface area contributed by atoms with Gasteiger partial charge in [-0.05, 0) is 80.4 Å². The summed E-state index contributed by atoms with van der Waals surface area (Å²) in [5.41, 5.74) is 3.86. The van der Waals surface area contributed by atoms with Gasteiger partial charge in [0, 0.05) is 18.2 Å². The number of rotatable bonds is 7. The van der Waals surface area contributed by atoms with Gasteiger partial charge in [0.1, 0.15) is 0 Å². The maximum absolute atomic E-state index is 15.1. The monoisotopic (exact) mass is 443 g/mol. The van der Waals surface area contributed by atoms with E-state index in [0.29, 0.717) is 23.7 Å². The lowest BCUT2D eigenvalue weighted by molar-refractivity contribution is -0.00183. The van der Waals surface area contributed by atoms with Crippen molar-refractivity contribution in [2.75, 3.05) is 13.2 Å². The maximum Gasteiger partial charge on any atom is 0.162 e. The fourth-order valence-electron chi connectivity index (χ4n) is 5.84. The summed E-state index contributed by atoms with van der Waals surface area (Å²) in [7, 11) is 0. The van der Waals surface area contributed by atoms with E-state index in [-0.39, 0.29) is 17.9 Å². The van der Waals surface area contributed by atoms with Gasteiger partial charge >= 0.3 is 0 Å². The molecule has 2 aliphatic heterocycles. The second kappa shape index (κ2) is 11.0. The third-order valence-electron chi connectivity index (χ3n) is 7.76. The number of halogens is 2. The number of nitrogens with one attached hydrogen (secondary N) is 1. The predicted octanol–water partition coefficient (Wildman–Crippen LogP) is 7.51. The van der Waals surface area contributed by atoms with Crippen molar-refractivity contribution in [1.82, 2.24) is 5.32 Å². The van der Waals surface area contributed by atoms with Crippen molar-refractivity contribution in [3.05, 3.63) is 58.3 Å². The summed E-state index contributed by atoms with van der Waals surface area (Å²) in [4.78, 5) is 0. The summed E-state index contributed by atoms with van der Waals surface area (Å²) in [6.45, 7) is 5.81. The summed E-state index contributed by atoms with van der Waals surface area (Å²) >= 11 is 0. The van der Waals surface area contributed by atoms with E-state index in [4.69, 9.17) is 4.74 Å². The Morgan fingerprint density at radius 2 is 1.50 bits per heavy atom. The topological polar surface area (TPSA) is 21.3 Å². The molecule has 2 unspecified atom stereocenters. The first-order chi connectivity index (χ1) is 15.6. The van der Waals surface area contributed by atoms with Crippen LogP contribution in [0.15, 0.2) is 35.6 Å². The Hall–Kier alpha value is -1.68. The van der Waals surface area contributed by atoms with Gasteiger partial charge in [-0.25, -0.2) is 8.78 Å². The molecule has 4 rings (SSSR count). The van der Waals surface area contributed by atoms with Crippen LogP contribution >= 0.6 is 0 Å². The number of hydrogen-bond donors (Lipinski definition) is 1. The highest BCUT2D eigenvalue weighted by atomic mass is 19.2. The van der Waals surface area contributed by atoms with E-state index in [0.717, 1.165) is 64.3 Å². The third kappa shape index (κ3) is 5.27. The predicted molar refractivity (Wildman–Crippen MR) is 127 cm³/mol. The van der Waals surface area contributed by atoms with Crippen LogP contribution in [0.4, 0.5) is 8.78 Å². The van der Waals surface area contributed by atoms with Gasteiger partial charge in [0.2, 0.25) is 0 Å². The van der Waals surface area contributed by atoms with Crippen LogP contribution in [0.5, 0.6) is 0 Å². The number of allylic oxidation sites excluding steroid dienone is 3. The van der Waals surface area contributed by atoms with Crippen LogP contribution in [0.1, 0.15) is 101 Å². The van der Waals surface area contributed by atoms with Crippen molar-refractivity contribution < 1.29 is 13.5 Å². The Morgan fingerprint density at radius 3 is 2.06 bits per heavy atom. The summed E-state index contributed by atoms with van der Waals surface area (Å²) in [5, 5.41) is 3.60. The molecule has 1 aromatic rings. The fourth-order valence-corrected chi connectivity index (χ4v) is 5.84. The van der Waals surface area contributed by atoms with Crippen molar-refractivity contribution in [1.29, 1.82) is 0 Å². The van der Waals surface area contributed by atoms with Crippen LogP contribution in [0, 0.1) is 17.6 Å². The number of benzene rings is 1. The Bertz CT molecular complexity index is 830. The molecule has 0 radical (unpaired) electrons. The third-order valence-corrected chi connectivity index (χ3v) is 7.76. The van der Waals surface area contributed by atoms with Gasteiger partial charge in [-0.15, -0.1) is 0 Å². The zero-order chi connectivity index (χ0) is 22.5. The molecule has 1 N–H and O–H groups in total. The molecule has 2 fully saturated rings. The fraction of sp³-hybridized carbons (Fsp3) is 0.643. The van der Waals surface area contributed by atoms with E-state index < -0.39 is 11.6 Å². The van der Waals surface area contributed by atoms with E-state index in [1.165, 1.54) is 17.7 Å². The molecule has 0 bridgehead atoms. The molecule has 0 amide bonds. The molecule has 1 aliphatic carbocycles. The molecule has 4 heteroatoms. The van der Waals surface area contributed by atoms with Crippen molar-refractivity contribution >= 4 is 0 Å². The standard InChI is InChI=1S/C28H39F2NO/c1-3-5-19-7-16-26(31-17-19)21-10-8-20(9-11-21)24-14-15-25(28(30)27(24)29)22-12-13-23(6-4-2)32-18-22/h7,14-16,20-23,31H,3-6,8-13,17-18H2,1-2H3. The molecular formula is C28H39F2NO. The molecule has 176 valence electrons. The minimum atomic E-state index is -0.641. The molecule has 2 atom stereocenters. The van der Waals surface area contributed by atoms with Gasteiger partial charge in [-0.2, -0.15) is 0 Å². The first kappa shape index (κ1) is 23.5. The summed E-state index contributed by atoms with van der Waals surface area (Å²) < 4.78 is 36.1. The Labute approximate surface area is 192 Å². The molecule has 3 aliphatic rings. The largest absolute Gasteiger partial charge is 0.384 e. The van der Waals surface area contributed by atoms with Crippen LogP contribution in [-0.2, 0) is 4.74 Å². The second-order valence-electron chi connectivity index (χ2n) is 9.99. The lowest BCUT2D eigenvalue weighted by Gasteiger charge is -2.33. The second-order valence-corrected chi connectivity index (χ2v) is 9.99. The van der Waals surface area contributed by atoms with E-state index >= 15 is 8.78 Å². The van der Waals surface area contributed by atoms with Crippen LogP contribution in [-0.4, -0.2) is 19.3 Å². The van der Waals surface area contributed by atoms with Crippen LogP contribution < -0.4 is 5.32 Å². The molecule has 1 saturated heterocycles. The molecule has 0 spiro atoms. The minimum Gasteiger partial charge on any atom is -0.384 e. The van der Waals surface area contributed by atoms with Crippen LogP contribution in [0.25, 0.3) is 0 Å².